The highest BCUT2D eigenvalue weighted by molar-refractivity contribution is 6.76. The van der Waals surface area contributed by atoms with Gasteiger partial charge in [0.1, 0.15) is 5.54 Å². The van der Waals surface area contributed by atoms with Crippen molar-refractivity contribution in [3.05, 3.63) is 0 Å². The van der Waals surface area contributed by atoms with E-state index in [-0.39, 0.29) is 0 Å². The smallest absolute Gasteiger partial charge is 0.331 e. The third kappa shape index (κ3) is 3.90. The number of nitrogens with one attached hydrogen (secondary N) is 1. The molecule has 0 aromatic rings. The van der Waals surface area contributed by atoms with E-state index < -0.39 is 26.6 Å². The van der Waals surface area contributed by atoms with Gasteiger partial charge >= 0.3 is 5.97 Å². The normalized spacial score (nSPS) is 16.0. The van der Waals surface area contributed by atoms with Crippen LogP contribution in [0, 0.1) is 5.41 Å². The molecule has 0 saturated carbocycles. The molecule has 1 amide bonds. The van der Waals surface area contributed by atoms with E-state index in [0.717, 1.165) is 0 Å². The van der Waals surface area contributed by atoms with Crippen LogP contribution in [0.1, 0.15) is 27.7 Å². The van der Waals surface area contributed by atoms with Gasteiger partial charge in [-0.25, -0.2) is 4.79 Å². The molecule has 0 spiro atoms. The van der Waals surface area contributed by atoms with E-state index in [1.165, 1.54) is 14.0 Å². The molecule has 1 atom stereocenters. The van der Waals surface area contributed by atoms with Crippen LogP contribution >= 0.6 is 34.8 Å². The summed E-state index contributed by atoms with van der Waals surface area (Å²) < 4.78 is 2.55. The van der Waals surface area contributed by atoms with E-state index in [4.69, 9.17) is 34.8 Å². The lowest BCUT2D eigenvalue weighted by Gasteiger charge is -2.40. The number of esters is 1. The molecule has 0 aliphatic heterocycles. The van der Waals surface area contributed by atoms with Crippen LogP contribution in [-0.2, 0) is 14.3 Å². The molecule has 1 N–H and O–H groups in total. The molecule has 0 aromatic carbocycles. The maximum Gasteiger partial charge on any atom is 0.331 e. The molecular formula is C10H16Cl3NO3. The Labute approximate surface area is 116 Å². The molecule has 0 aliphatic rings. The predicted molar refractivity (Wildman–Crippen MR) is 68.3 cm³/mol. The molecule has 0 fully saturated rings. The summed E-state index contributed by atoms with van der Waals surface area (Å²) in [5.41, 5.74) is -1.89. The maximum atomic E-state index is 11.8. The van der Waals surface area contributed by atoms with E-state index in [0.29, 0.717) is 0 Å². The standard InChI is InChI=1S/C10H16Cl3NO3/c1-8(2,3)9(4,7(16)17-5)14-6(15)10(11,12)13/h1-5H3,(H,14,15)/t9-/m0/s1. The summed E-state index contributed by atoms with van der Waals surface area (Å²) in [6.45, 7) is 6.82. The summed E-state index contributed by atoms with van der Waals surface area (Å²) in [6, 6.07) is 0. The van der Waals surface area contributed by atoms with Crippen molar-refractivity contribution in [2.24, 2.45) is 5.41 Å². The molecule has 0 saturated heterocycles. The van der Waals surface area contributed by atoms with Gasteiger partial charge in [0.15, 0.2) is 0 Å². The number of carbonyl (C=O) groups is 2. The minimum atomic E-state index is -2.12. The molecule has 100 valence electrons. The fourth-order valence-electron chi connectivity index (χ4n) is 1.05. The van der Waals surface area contributed by atoms with Gasteiger partial charge in [0.25, 0.3) is 9.70 Å². The summed E-state index contributed by atoms with van der Waals surface area (Å²) in [5, 5.41) is 2.41. The Morgan fingerprint density at radius 2 is 1.47 bits per heavy atom. The zero-order valence-corrected chi connectivity index (χ0v) is 12.6. The molecule has 7 heteroatoms. The lowest BCUT2D eigenvalue weighted by atomic mass is 9.74. The quantitative estimate of drug-likeness (QED) is 0.630. The monoisotopic (exact) mass is 303 g/mol. The second-order valence-corrected chi connectivity index (χ2v) is 7.10. The predicted octanol–water partition coefficient (Wildman–Crippen LogP) is 2.45. The van der Waals surface area contributed by atoms with Crippen molar-refractivity contribution in [3.8, 4) is 0 Å². The molecule has 0 aromatic heterocycles. The topological polar surface area (TPSA) is 55.4 Å². The summed E-state index contributed by atoms with van der Waals surface area (Å²) in [4.78, 5) is 23.4. The van der Waals surface area contributed by atoms with Crippen molar-refractivity contribution < 1.29 is 14.3 Å². The van der Waals surface area contributed by atoms with Crippen LogP contribution in [0.5, 0.6) is 0 Å². The number of halogens is 3. The first-order valence-corrected chi connectivity index (χ1v) is 5.97. The molecular weight excluding hydrogens is 288 g/mol. The Hall–Kier alpha value is -0.190. The highest BCUT2D eigenvalue weighted by Crippen LogP contribution is 2.34. The van der Waals surface area contributed by atoms with Crippen LogP contribution in [0.15, 0.2) is 0 Å². The summed E-state index contributed by atoms with van der Waals surface area (Å²) in [7, 11) is 1.23. The number of amides is 1. The van der Waals surface area contributed by atoms with Crippen LogP contribution in [0.25, 0.3) is 0 Å². The van der Waals surface area contributed by atoms with Crippen molar-refractivity contribution in [1.82, 2.24) is 5.32 Å². The van der Waals surface area contributed by atoms with Crippen LogP contribution in [0.3, 0.4) is 0 Å². The van der Waals surface area contributed by atoms with Crippen molar-refractivity contribution >= 4 is 46.7 Å². The number of rotatable bonds is 2. The fraction of sp³-hybridized carbons (Fsp3) is 0.800. The van der Waals surface area contributed by atoms with Gasteiger partial charge in [0, 0.05) is 0 Å². The molecule has 4 nitrogen and oxygen atoms in total. The van der Waals surface area contributed by atoms with E-state index >= 15 is 0 Å². The Kier molecular flexibility index (Phi) is 5.15. The van der Waals surface area contributed by atoms with Crippen molar-refractivity contribution in [2.75, 3.05) is 7.11 Å². The molecule has 0 rings (SSSR count). The SMILES string of the molecule is COC(=O)[C@](C)(NC(=O)C(Cl)(Cl)Cl)C(C)(C)C. The van der Waals surface area contributed by atoms with E-state index in [9.17, 15) is 9.59 Å². The van der Waals surface area contributed by atoms with Gasteiger partial charge in [-0.05, 0) is 12.3 Å². The van der Waals surface area contributed by atoms with E-state index in [1.807, 2.05) is 0 Å². The van der Waals surface area contributed by atoms with Gasteiger partial charge in [-0.2, -0.15) is 0 Å². The van der Waals surface area contributed by atoms with Crippen LogP contribution in [0.2, 0.25) is 0 Å². The lowest BCUT2D eigenvalue weighted by molar-refractivity contribution is -0.155. The minimum absolute atomic E-state index is 0.604. The number of hydrogen-bond acceptors (Lipinski definition) is 3. The van der Waals surface area contributed by atoms with Gasteiger partial charge < -0.3 is 10.1 Å². The molecule has 0 bridgehead atoms. The van der Waals surface area contributed by atoms with Gasteiger partial charge in [-0.15, -0.1) is 0 Å². The molecule has 0 unspecified atom stereocenters. The first-order valence-electron chi connectivity index (χ1n) is 4.84. The molecule has 17 heavy (non-hydrogen) atoms. The van der Waals surface area contributed by atoms with Gasteiger partial charge in [-0.3, -0.25) is 4.79 Å². The van der Waals surface area contributed by atoms with Gasteiger partial charge in [0.2, 0.25) is 0 Å². The number of carbonyl (C=O) groups excluding carboxylic acids is 2. The van der Waals surface area contributed by atoms with Crippen LogP contribution in [0.4, 0.5) is 0 Å². The summed E-state index contributed by atoms with van der Waals surface area (Å²) >= 11 is 16.4. The van der Waals surface area contributed by atoms with Crippen molar-refractivity contribution in [1.29, 1.82) is 0 Å². The first kappa shape index (κ1) is 16.8. The van der Waals surface area contributed by atoms with Crippen molar-refractivity contribution in [3.63, 3.8) is 0 Å². The summed E-state index contributed by atoms with van der Waals surface area (Å²) in [5.74, 6) is -1.47. The van der Waals surface area contributed by atoms with Crippen molar-refractivity contribution in [2.45, 2.75) is 37.0 Å². The first-order chi connectivity index (χ1) is 7.36. The van der Waals surface area contributed by atoms with E-state index in [1.54, 1.807) is 20.8 Å². The lowest BCUT2D eigenvalue weighted by Crippen LogP contribution is -2.62. The fourth-order valence-corrected chi connectivity index (χ4v) is 1.19. The Bertz CT molecular complexity index is 320. The Morgan fingerprint density at radius 3 is 1.71 bits per heavy atom. The van der Waals surface area contributed by atoms with E-state index in [2.05, 4.69) is 10.1 Å². The second kappa shape index (κ2) is 5.21. The number of ether oxygens (including phenoxy) is 1. The third-order valence-electron chi connectivity index (χ3n) is 2.71. The zero-order valence-electron chi connectivity index (χ0n) is 10.4. The summed E-state index contributed by atoms with van der Waals surface area (Å²) in [6.07, 6.45) is 0. The van der Waals surface area contributed by atoms with Crippen LogP contribution in [-0.4, -0.2) is 28.3 Å². The molecule has 0 radical (unpaired) electrons. The average Bonchev–Trinajstić information content (AvgIpc) is 2.12. The maximum absolute atomic E-state index is 11.8. The van der Waals surface area contributed by atoms with Gasteiger partial charge in [-0.1, -0.05) is 55.6 Å². The molecule has 0 heterocycles. The number of alkyl halides is 3. The Balaban J connectivity index is 5.26. The second-order valence-electron chi connectivity index (χ2n) is 4.82. The number of hydrogen-bond donors (Lipinski definition) is 1. The molecule has 0 aliphatic carbocycles. The highest BCUT2D eigenvalue weighted by atomic mass is 35.6. The highest BCUT2D eigenvalue weighted by Gasteiger charge is 2.49. The number of methoxy groups -OCH3 is 1. The largest absolute Gasteiger partial charge is 0.467 e. The Morgan fingerprint density at radius 1 is 1.06 bits per heavy atom. The van der Waals surface area contributed by atoms with Gasteiger partial charge in [0.05, 0.1) is 7.11 Å². The minimum Gasteiger partial charge on any atom is -0.467 e. The van der Waals surface area contributed by atoms with Crippen LogP contribution < -0.4 is 5.32 Å². The third-order valence-corrected chi connectivity index (χ3v) is 3.23. The zero-order chi connectivity index (χ0) is 14.1. The average molecular weight is 305 g/mol.